The van der Waals surface area contributed by atoms with E-state index in [0.717, 1.165) is 51.4 Å². The van der Waals surface area contributed by atoms with Crippen molar-refractivity contribution in [3.05, 3.63) is 11.6 Å². The zero-order valence-corrected chi connectivity index (χ0v) is 32.9. The number of ether oxygens (including phenoxy) is 5. The monoisotopic (exact) mass is 750 g/mol. The fourth-order valence-corrected chi connectivity index (χ4v) is 12.9. The highest BCUT2D eigenvalue weighted by molar-refractivity contribution is 5.84. The van der Waals surface area contributed by atoms with Gasteiger partial charge in [-0.25, -0.2) is 0 Å². The van der Waals surface area contributed by atoms with Crippen LogP contribution in [0, 0.1) is 45.3 Å². The molecular formula is C41H66O12. The van der Waals surface area contributed by atoms with Crippen LogP contribution in [0.4, 0.5) is 0 Å². The number of hydrogen-bond donors (Lipinski definition) is 6. The molecule has 0 radical (unpaired) electrons. The molecule has 6 N–H and O–H groups in total. The lowest BCUT2D eigenvalue weighted by Gasteiger charge is -2.64. The Labute approximate surface area is 314 Å². The molecule has 6 fully saturated rings. The molecule has 3 saturated carbocycles. The number of carbonyl (C=O) groups is 1. The van der Waals surface area contributed by atoms with E-state index in [4.69, 9.17) is 23.7 Å². The van der Waals surface area contributed by atoms with Gasteiger partial charge in [-0.3, -0.25) is 4.79 Å². The standard InChI is InChI=1S/C41H66O12/c1-20(2)10-9-15-40(8)26-13-17-39(7)22-11-12-25-37(4,5)28(14-16-38(25,6)23(22)18-27(43)41(26,39)36(48)53-40)51-35-33(30(45)24(42)19-49-35)52-34-32(47)31(46)29(44)21(3)50-34/h18,20-22,24-35,42-47H,9-17,19H2,1-8H3/t21-,22-,24-,25+,26-,27+,28+,29-,30+,31+,32-,33-,34+,35+,38-,39+,40+,41+/m1/s1. The van der Waals surface area contributed by atoms with Crippen molar-refractivity contribution < 1.29 is 59.1 Å². The molecule has 4 aliphatic carbocycles. The lowest BCUT2D eigenvalue weighted by Crippen LogP contribution is -2.64. The zero-order valence-electron chi connectivity index (χ0n) is 32.9. The molecule has 0 amide bonds. The van der Waals surface area contributed by atoms with Gasteiger partial charge in [0.1, 0.15) is 47.6 Å². The van der Waals surface area contributed by atoms with Gasteiger partial charge in [-0.1, -0.05) is 59.6 Å². The van der Waals surface area contributed by atoms with Crippen LogP contribution >= 0.6 is 0 Å². The number of hydrogen-bond acceptors (Lipinski definition) is 12. The van der Waals surface area contributed by atoms with E-state index in [-0.39, 0.29) is 41.8 Å². The molecule has 302 valence electrons. The van der Waals surface area contributed by atoms with E-state index in [9.17, 15) is 35.4 Å². The van der Waals surface area contributed by atoms with E-state index in [2.05, 4.69) is 54.5 Å². The quantitative estimate of drug-likeness (QED) is 0.121. The maximum Gasteiger partial charge on any atom is 0.316 e. The third-order valence-corrected chi connectivity index (χ3v) is 15.9. The molecule has 18 atom stereocenters. The van der Waals surface area contributed by atoms with Gasteiger partial charge >= 0.3 is 5.97 Å². The second-order valence-electron chi connectivity index (χ2n) is 19.6. The summed E-state index contributed by atoms with van der Waals surface area (Å²) in [6.07, 6.45) is -3.12. The van der Waals surface area contributed by atoms with E-state index >= 15 is 0 Å². The zero-order chi connectivity index (χ0) is 38.6. The summed E-state index contributed by atoms with van der Waals surface area (Å²) in [5, 5.41) is 65.1. The van der Waals surface area contributed by atoms with Gasteiger partial charge in [0, 0.05) is 5.92 Å². The first-order chi connectivity index (χ1) is 24.7. The van der Waals surface area contributed by atoms with Crippen molar-refractivity contribution in [2.75, 3.05) is 6.61 Å². The summed E-state index contributed by atoms with van der Waals surface area (Å²) in [6, 6.07) is 0. The molecule has 3 aliphatic heterocycles. The van der Waals surface area contributed by atoms with Crippen LogP contribution in [0.5, 0.6) is 0 Å². The predicted octanol–water partition coefficient (Wildman–Crippen LogP) is 3.36. The molecular weight excluding hydrogens is 684 g/mol. The van der Waals surface area contributed by atoms with Gasteiger partial charge in [-0.2, -0.15) is 0 Å². The van der Waals surface area contributed by atoms with Crippen LogP contribution in [0.25, 0.3) is 0 Å². The van der Waals surface area contributed by atoms with E-state index in [0.29, 0.717) is 12.3 Å². The van der Waals surface area contributed by atoms with Crippen molar-refractivity contribution in [1.82, 2.24) is 0 Å². The minimum atomic E-state index is -1.60. The van der Waals surface area contributed by atoms with Crippen molar-refractivity contribution in [2.45, 2.75) is 186 Å². The highest BCUT2D eigenvalue weighted by Crippen LogP contribution is 2.76. The van der Waals surface area contributed by atoms with E-state index < -0.39 is 83.3 Å². The molecule has 1 spiro atoms. The Morgan fingerprint density at radius 2 is 1.57 bits per heavy atom. The Morgan fingerprint density at radius 3 is 2.26 bits per heavy atom. The summed E-state index contributed by atoms with van der Waals surface area (Å²) >= 11 is 0. The maximum atomic E-state index is 14.2. The fraction of sp³-hybridized carbons (Fsp3) is 0.927. The molecule has 0 bridgehead atoms. The number of allylic oxidation sites excluding steroid dienone is 1. The minimum Gasteiger partial charge on any atom is -0.459 e. The number of esters is 1. The molecule has 12 heteroatoms. The number of aliphatic hydroxyl groups excluding tert-OH is 6. The molecule has 3 heterocycles. The predicted molar refractivity (Wildman–Crippen MR) is 192 cm³/mol. The van der Waals surface area contributed by atoms with Gasteiger partial charge in [0.2, 0.25) is 0 Å². The summed E-state index contributed by atoms with van der Waals surface area (Å²) in [7, 11) is 0. The van der Waals surface area contributed by atoms with Gasteiger partial charge in [-0.15, -0.1) is 0 Å². The van der Waals surface area contributed by atoms with Crippen LogP contribution in [-0.4, -0.2) is 116 Å². The minimum absolute atomic E-state index is 0.0326. The molecule has 53 heavy (non-hydrogen) atoms. The normalized spacial score (nSPS) is 53.3. The summed E-state index contributed by atoms with van der Waals surface area (Å²) < 4.78 is 30.7. The van der Waals surface area contributed by atoms with Crippen LogP contribution in [0.2, 0.25) is 0 Å². The smallest absolute Gasteiger partial charge is 0.316 e. The molecule has 0 aromatic rings. The van der Waals surface area contributed by atoms with Crippen LogP contribution < -0.4 is 0 Å². The van der Waals surface area contributed by atoms with Gasteiger partial charge in [0.05, 0.1) is 24.9 Å². The third-order valence-electron chi connectivity index (χ3n) is 15.9. The molecule has 7 aliphatic rings. The second kappa shape index (κ2) is 13.7. The van der Waals surface area contributed by atoms with Crippen LogP contribution in [-0.2, 0) is 28.5 Å². The summed E-state index contributed by atoms with van der Waals surface area (Å²) in [4.78, 5) is 14.2. The average Bonchev–Trinajstić information content (AvgIpc) is 3.54. The van der Waals surface area contributed by atoms with Crippen LogP contribution in [0.1, 0.15) is 113 Å². The number of carbonyl (C=O) groups excluding carboxylic acids is 1. The maximum absolute atomic E-state index is 14.2. The van der Waals surface area contributed by atoms with Gasteiger partial charge < -0.3 is 54.3 Å². The van der Waals surface area contributed by atoms with Crippen molar-refractivity contribution in [3.63, 3.8) is 0 Å². The van der Waals surface area contributed by atoms with Gasteiger partial charge in [-0.05, 0) is 99.2 Å². The fourth-order valence-electron chi connectivity index (χ4n) is 12.9. The van der Waals surface area contributed by atoms with Crippen molar-refractivity contribution >= 4 is 5.97 Å². The summed E-state index contributed by atoms with van der Waals surface area (Å²) in [6.45, 7) is 16.9. The molecule has 0 aromatic carbocycles. The van der Waals surface area contributed by atoms with E-state index in [1.54, 1.807) is 6.92 Å². The summed E-state index contributed by atoms with van der Waals surface area (Å²) in [5.41, 5.74) is -1.36. The molecule has 7 rings (SSSR count). The SMILES string of the molecule is CC(C)CCC[C@]1(C)OC(=O)[C@]23[C@@H](O)C=C4[C@@H](CC[C@H]5C(C)(C)[C@@H](O[C@@H]6OC[C@@H](O)[C@H](O)[C@H]6O[C@@H]6O[C@H](C)[C@@H](O)[C@H](O)[C@H]6O)CC[C@]45C)[C@]2(C)CC[C@@H]31. The molecule has 0 unspecified atom stereocenters. The van der Waals surface area contributed by atoms with E-state index in [1.807, 2.05) is 0 Å². The average molecular weight is 751 g/mol. The van der Waals surface area contributed by atoms with Crippen LogP contribution in [0.3, 0.4) is 0 Å². The summed E-state index contributed by atoms with van der Waals surface area (Å²) in [5.74, 6) is 0.633. The van der Waals surface area contributed by atoms with E-state index in [1.165, 1.54) is 5.57 Å². The first-order valence-corrected chi connectivity index (χ1v) is 20.4. The molecule has 12 nitrogen and oxygen atoms in total. The first kappa shape index (κ1) is 40.0. The number of aliphatic hydroxyl groups is 6. The molecule has 3 saturated heterocycles. The highest BCUT2D eigenvalue weighted by atomic mass is 16.8. The van der Waals surface area contributed by atoms with Crippen LogP contribution in [0.15, 0.2) is 11.6 Å². The molecule has 0 aromatic heterocycles. The largest absolute Gasteiger partial charge is 0.459 e. The Bertz CT molecular complexity index is 1420. The van der Waals surface area contributed by atoms with Gasteiger partial charge in [0.25, 0.3) is 0 Å². The Hall–Kier alpha value is -1.19. The lowest BCUT2D eigenvalue weighted by atomic mass is 9.40. The van der Waals surface area contributed by atoms with Crippen molar-refractivity contribution in [2.24, 2.45) is 45.3 Å². The first-order valence-electron chi connectivity index (χ1n) is 20.4. The Kier molecular flexibility index (Phi) is 10.4. The number of rotatable bonds is 8. The van der Waals surface area contributed by atoms with Crippen molar-refractivity contribution in [3.8, 4) is 0 Å². The highest BCUT2D eigenvalue weighted by Gasteiger charge is 2.78. The van der Waals surface area contributed by atoms with Crippen molar-refractivity contribution in [1.29, 1.82) is 0 Å². The number of fused-ring (bicyclic) bond motifs is 4. The lowest BCUT2D eigenvalue weighted by molar-refractivity contribution is -0.363. The Morgan fingerprint density at radius 1 is 0.849 bits per heavy atom. The van der Waals surface area contributed by atoms with Gasteiger partial charge in [0.15, 0.2) is 12.6 Å². The third kappa shape index (κ3) is 5.85. The second-order valence-corrected chi connectivity index (χ2v) is 19.6. The topological polar surface area (TPSA) is 185 Å². The number of cyclic esters (lactones) is 1. The Balaban J connectivity index is 1.12.